The molecule has 1 heterocycles. The van der Waals surface area contributed by atoms with Gasteiger partial charge < -0.3 is 9.80 Å². The van der Waals surface area contributed by atoms with Crippen molar-refractivity contribution in [3.63, 3.8) is 0 Å². The van der Waals surface area contributed by atoms with E-state index < -0.39 is 9.84 Å². The lowest BCUT2D eigenvalue weighted by Gasteiger charge is -2.25. The molecule has 260 valence electrons. The zero-order valence-electron chi connectivity index (χ0n) is 29.3. The Hall–Kier alpha value is -5.43. The molecule has 6 heteroatoms. The van der Waals surface area contributed by atoms with Gasteiger partial charge in [0.15, 0.2) is 9.84 Å². The van der Waals surface area contributed by atoms with Crippen LogP contribution < -0.4 is 9.80 Å². The summed E-state index contributed by atoms with van der Waals surface area (Å²) in [5, 5.41) is 0. The van der Waals surface area contributed by atoms with Crippen molar-refractivity contribution in [1.29, 1.82) is 0 Å². The average molecular weight is 719 g/mol. The maximum Gasteiger partial charge on any atom is 0.179 e. The predicted octanol–water partition coefficient (Wildman–Crippen LogP) is 13.4. The Kier molecular flexibility index (Phi) is 11.0. The second-order valence-electron chi connectivity index (χ2n) is 12.8. The maximum absolute atomic E-state index is 14.0. The minimum absolute atomic E-state index is 0.145. The Morgan fingerprint density at radius 2 is 0.846 bits per heavy atom. The Morgan fingerprint density at radius 3 is 1.25 bits per heavy atom. The van der Waals surface area contributed by atoms with Crippen molar-refractivity contribution in [3.8, 4) is 20.9 Å². The lowest BCUT2D eigenvalue weighted by atomic mass is 10.1. The number of sulfone groups is 1. The first-order valence-electron chi connectivity index (χ1n) is 17.9. The third-order valence-corrected chi connectivity index (χ3v) is 12.3. The number of anilines is 6. The van der Waals surface area contributed by atoms with Crippen LogP contribution in [0.2, 0.25) is 0 Å². The van der Waals surface area contributed by atoms with Gasteiger partial charge in [0.05, 0.1) is 15.5 Å². The summed E-state index contributed by atoms with van der Waals surface area (Å²) in [6.07, 6.45) is 3.66. The number of hydrogen-bond acceptors (Lipinski definition) is 5. The van der Waals surface area contributed by atoms with Crippen molar-refractivity contribution >= 4 is 55.3 Å². The van der Waals surface area contributed by atoms with Gasteiger partial charge in [-0.05, 0) is 96.4 Å². The Bertz CT molecular complexity index is 2190. The SMILES string of the molecule is CCCCCCS(=O)(=O)c1cc(-c2ccc(N(c3ccccc3)c3ccccc3)cc2)sc1-c1ccc(N(c2ccccc2)c2ccccc2)cc1. The molecule has 0 spiro atoms. The molecule has 0 N–H and O–H groups in total. The van der Waals surface area contributed by atoms with Gasteiger partial charge >= 0.3 is 0 Å². The van der Waals surface area contributed by atoms with Gasteiger partial charge in [-0.1, -0.05) is 123 Å². The molecule has 0 radical (unpaired) electrons. The smallest absolute Gasteiger partial charge is 0.179 e. The van der Waals surface area contributed by atoms with Crippen molar-refractivity contribution in [2.24, 2.45) is 0 Å². The molecule has 0 amide bonds. The van der Waals surface area contributed by atoms with Crippen LogP contribution in [0, 0.1) is 0 Å². The lowest BCUT2D eigenvalue weighted by molar-refractivity contribution is 0.589. The van der Waals surface area contributed by atoms with Crippen LogP contribution >= 0.6 is 11.3 Å². The third kappa shape index (κ3) is 7.89. The zero-order valence-corrected chi connectivity index (χ0v) is 30.9. The molecule has 0 aliphatic rings. The summed E-state index contributed by atoms with van der Waals surface area (Å²) >= 11 is 1.54. The molecule has 7 rings (SSSR count). The van der Waals surface area contributed by atoms with E-state index in [0.29, 0.717) is 11.3 Å². The topological polar surface area (TPSA) is 40.6 Å². The van der Waals surface area contributed by atoms with E-state index in [1.54, 1.807) is 11.3 Å². The van der Waals surface area contributed by atoms with Crippen LogP contribution in [0.5, 0.6) is 0 Å². The molecule has 0 unspecified atom stereocenters. The second kappa shape index (κ2) is 16.3. The minimum Gasteiger partial charge on any atom is -0.311 e. The normalized spacial score (nSPS) is 11.3. The quantitative estimate of drug-likeness (QED) is 0.105. The fourth-order valence-corrected chi connectivity index (χ4v) is 9.66. The Balaban J connectivity index is 1.26. The van der Waals surface area contributed by atoms with Gasteiger partial charge in [-0.3, -0.25) is 0 Å². The average Bonchev–Trinajstić information content (AvgIpc) is 3.66. The van der Waals surface area contributed by atoms with Crippen LogP contribution in [0.3, 0.4) is 0 Å². The van der Waals surface area contributed by atoms with E-state index in [4.69, 9.17) is 0 Å². The summed E-state index contributed by atoms with van der Waals surface area (Å²) in [4.78, 5) is 6.57. The van der Waals surface area contributed by atoms with E-state index in [2.05, 4.69) is 114 Å². The molecule has 0 bridgehead atoms. The predicted molar refractivity (Wildman–Crippen MR) is 221 cm³/mol. The van der Waals surface area contributed by atoms with Crippen LogP contribution in [0.4, 0.5) is 34.1 Å². The first-order valence-corrected chi connectivity index (χ1v) is 20.4. The lowest BCUT2D eigenvalue weighted by Crippen LogP contribution is -2.09. The highest BCUT2D eigenvalue weighted by Gasteiger charge is 2.24. The van der Waals surface area contributed by atoms with Crippen LogP contribution in [0.15, 0.2) is 181 Å². The summed E-state index contributed by atoms with van der Waals surface area (Å²) in [5.74, 6) is 0.145. The number of hydrogen-bond donors (Lipinski definition) is 0. The molecule has 1 aromatic heterocycles. The van der Waals surface area contributed by atoms with E-state index in [1.807, 2.05) is 78.9 Å². The Morgan fingerprint density at radius 1 is 0.462 bits per heavy atom. The molecular formula is C46H42N2O2S2. The molecule has 0 aliphatic carbocycles. The molecule has 0 atom stereocenters. The van der Waals surface area contributed by atoms with E-state index in [1.165, 1.54) is 0 Å². The number of benzene rings is 6. The van der Waals surface area contributed by atoms with Crippen LogP contribution in [-0.4, -0.2) is 14.2 Å². The van der Waals surface area contributed by atoms with E-state index in [0.717, 1.165) is 74.3 Å². The van der Waals surface area contributed by atoms with E-state index >= 15 is 0 Å². The minimum atomic E-state index is -3.52. The second-order valence-corrected chi connectivity index (χ2v) is 15.9. The molecular weight excluding hydrogens is 677 g/mol. The molecule has 0 saturated carbocycles. The molecule has 4 nitrogen and oxygen atoms in total. The highest BCUT2D eigenvalue weighted by Crippen LogP contribution is 2.44. The van der Waals surface area contributed by atoms with Gasteiger partial charge in [0, 0.05) is 39.0 Å². The standard InChI is InChI=1S/C46H42N2O2S2/c1-2-3-4-17-34-52(49,50)45-35-44(36-26-30-42(31-27-36)47(38-18-9-5-10-19-38)39-20-11-6-12-21-39)51-46(45)37-28-32-43(33-29-37)48(40-22-13-7-14-23-40)41-24-15-8-16-25-41/h5-16,18-33,35H,2-4,17,34H2,1H3. The molecule has 0 saturated heterocycles. The fourth-order valence-electron chi connectivity index (χ4n) is 6.52. The number of para-hydroxylation sites is 4. The van der Waals surface area contributed by atoms with Gasteiger partial charge in [0.1, 0.15) is 0 Å². The fraction of sp³-hybridized carbons (Fsp3) is 0.130. The van der Waals surface area contributed by atoms with Gasteiger partial charge in [-0.25, -0.2) is 8.42 Å². The van der Waals surface area contributed by atoms with Crippen LogP contribution in [0.25, 0.3) is 20.9 Å². The van der Waals surface area contributed by atoms with Crippen molar-refractivity contribution in [3.05, 3.63) is 176 Å². The number of rotatable bonds is 14. The number of unbranched alkanes of at least 4 members (excludes halogenated alkanes) is 3. The molecule has 6 aromatic carbocycles. The van der Waals surface area contributed by atoms with E-state index in [-0.39, 0.29) is 5.75 Å². The van der Waals surface area contributed by atoms with Gasteiger partial charge in [0.2, 0.25) is 0 Å². The largest absolute Gasteiger partial charge is 0.311 e. The van der Waals surface area contributed by atoms with Gasteiger partial charge in [0.25, 0.3) is 0 Å². The highest BCUT2D eigenvalue weighted by atomic mass is 32.2. The van der Waals surface area contributed by atoms with Crippen LogP contribution in [0.1, 0.15) is 32.6 Å². The first kappa shape index (κ1) is 35.0. The highest BCUT2D eigenvalue weighted by molar-refractivity contribution is 7.91. The Labute approximate surface area is 312 Å². The summed E-state index contributed by atoms with van der Waals surface area (Å²) in [7, 11) is -3.52. The van der Waals surface area contributed by atoms with E-state index in [9.17, 15) is 8.42 Å². The first-order chi connectivity index (χ1) is 25.5. The number of thiophene rings is 1. The summed E-state index contributed by atoms with van der Waals surface area (Å²) in [6, 6.07) is 59.8. The van der Waals surface area contributed by atoms with Gasteiger partial charge in [-0.15, -0.1) is 11.3 Å². The molecule has 7 aromatic rings. The van der Waals surface area contributed by atoms with Gasteiger partial charge in [-0.2, -0.15) is 0 Å². The zero-order chi connectivity index (χ0) is 35.8. The van der Waals surface area contributed by atoms with Crippen LogP contribution in [-0.2, 0) is 9.84 Å². The monoisotopic (exact) mass is 718 g/mol. The molecule has 0 aliphatic heterocycles. The summed E-state index contributed by atoms with van der Waals surface area (Å²) in [6.45, 7) is 2.14. The summed E-state index contributed by atoms with van der Waals surface area (Å²) < 4.78 is 28.1. The van der Waals surface area contributed by atoms with Crippen molar-refractivity contribution < 1.29 is 8.42 Å². The van der Waals surface area contributed by atoms with Crippen molar-refractivity contribution in [1.82, 2.24) is 0 Å². The molecule has 52 heavy (non-hydrogen) atoms. The maximum atomic E-state index is 14.0. The summed E-state index contributed by atoms with van der Waals surface area (Å²) in [5.41, 5.74) is 8.14. The van der Waals surface area contributed by atoms with Crippen molar-refractivity contribution in [2.45, 2.75) is 37.5 Å². The number of nitrogens with zero attached hydrogens (tertiary/aromatic N) is 2. The van der Waals surface area contributed by atoms with Crippen molar-refractivity contribution in [2.75, 3.05) is 15.6 Å². The molecule has 0 fully saturated rings. The third-order valence-electron chi connectivity index (χ3n) is 9.15.